The standard InChI is InChI=1S/C19H24N2O2/c22-17-12-19(14-21(17)16-8-2-1-3-9-16)10-11-20(13-19)18(23)15-6-4-5-7-15/h1-3,8-9,15H,4-7,10-14H2. The van der Waals surface area contributed by atoms with Crippen LogP contribution in [0.4, 0.5) is 5.69 Å². The number of likely N-dealkylation sites (tertiary alicyclic amines) is 1. The Kier molecular flexibility index (Phi) is 3.63. The van der Waals surface area contributed by atoms with Gasteiger partial charge in [-0.25, -0.2) is 0 Å². The van der Waals surface area contributed by atoms with Crippen molar-refractivity contribution in [2.75, 3.05) is 24.5 Å². The number of para-hydroxylation sites is 1. The zero-order chi connectivity index (χ0) is 15.9. The molecule has 0 bridgehead atoms. The number of nitrogens with zero attached hydrogens (tertiary/aromatic N) is 2. The largest absolute Gasteiger partial charge is 0.342 e. The van der Waals surface area contributed by atoms with E-state index in [9.17, 15) is 9.59 Å². The predicted octanol–water partition coefficient (Wildman–Crippen LogP) is 2.83. The molecule has 2 aliphatic heterocycles. The van der Waals surface area contributed by atoms with E-state index < -0.39 is 0 Å². The molecule has 2 saturated heterocycles. The maximum Gasteiger partial charge on any atom is 0.227 e. The Bertz CT molecular complexity index is 609. The fraction of sp³-hybridized carbons (Fsp3) is 0.579. The molecule has 1 spiro atoms. The molecule has 4 nitrogen and oxygen atoms in total. The van der Waals surface area contributed by atoms with Crippen LogP contribution < -0.4 is 4.90 Å². The first-order valence-corrected chi connectivity index (χ1v) is 8.81. The summed E-state index contributed by atoms with van der Waals surface area (Å²) in [4.78, 5) is 29.1. The van der Waals surface area contributed by atoms with Gasteiger partial charge in [0.25, 0.3) is 0 Å². The fourth-order valence-electron chi connectivity index (χ4n) is 4.57. The van der Waals surface area contributed by atoms with E-state index in [1.807, 2.05) is 40.1 Å². The van der Waals surface area contributed by atoms with Crippen molar-refractivity contribution >= 4 is 17.5 Å². The molecule has 23 heavy (non-hydrogen) atoms. The Morgan fingerprint density at radius 1 is 1.09 bits per heavy atom. The Morgan fingerprint density at radius 3 is 2.57 bits per heavy atom. The lowest BCUT2D eigenvalue weighted by Gasteiger charge is -2.25. The van der Waals surface area contributed by atoms with Gasteiger partial charge in [0.05, 0.1) is 0 Å². The zero-order valence-electron chi connectivity index (χ0n) is 13.5. The van der Waals surface area contributed by atoms with E-state index in [2.05, 4.69) is 0 Å². The number of amides is 2. The van der Waals surface area contributed by atoms with Crippen LogP contribution >= 0.6 is 0 Å². The minimum absolute atomic E-state index is 0.0266. The van der Waals surface area contributed by atoms with Gasteiger partial charge < -0.3 is 9.80 Å². The van der Waals surface area contributed by atoms with Crippen LogP contribution in [0, 0.1) is 11.3 Å². The van der Waals surface area contributed by atoms with Gasteiger partial charge in [0.2, 0.25) is 11.8 Å². The van der Waals surface area contributed by atoms with E-state index in [0.29, 0.717) is 12.3 Å². The molecule has 3 fully saturated rings. The smallest absolute Gasteiger partial charge is 0.227 e. The van der Waals surface area contributed by atoms with E-state index in [1.54, 1.807) is 0 Å². The van der Waals surface area contributed by atoms with Gasteiger partial charge in [-0.2, -0.15) is 0 Å². The summed E-state index contributed by atoms with van der Waals surface area (Å²) in [5.41, 5.74) is 0.955. The van der Waals surface area contributed by atoms with Crippen LogP contribution in [0.25, 0.3) is 0 Å². The van der Waals surface area contributed by atoms with Crippen molar-refractivity contribution in [2.24, 2.45) is 11.3 Å². The van der Waals surface area contributed by atoms with Gasteiger partial charge in [-0.15, -0.1) is 0 Å². The summed E-state index contributed by atoms with van der Waals surface area (Å²) in [6.07, 6.45) is 6.02. The summed E-state index contributed by atoms with van der Waals surface area (Å²) < 4.78 is 0. The summed E-state index contributed by atoms with van der Waals surface area (Å²) in [5.74, 6) is 0.781. The van der Waals surface area contributed by atoms with Crippen LogP contribution in [0.15, 0.2) is 30.3 Å². The molecule has 3 aliphatic rings. The Labute approximate surface area is 137 Å². The molecule has 0 aromatic heterocycles. The second-order valence-electron chi connectivity index (χ2n) is 7.48. The zero-order valence-corrected chi connectivity index (χ0v) is 13.5. The maximum atomic E-state index is 12.6. The van der Waals surface area contributed by atoms with Crippen LogP contribution in [0.3, 0.4) is 0 Å². The molecule has 1 aromatic rings. The SMILES string of the molecule is O=C(C1CCCC1)N1CCC2(CC(=O)N(c3ccccc3)C2)C1. The first-order valence-electron chi connectivity index (χ1n) is 8.81. The second kappa shape index (κ2) is 5.66. The van der Waals surface area contributed by atoms with Gasteiger partial charge in [-0.05, 0) is 31.4 Å². The number of carbonyl (C=O) groups is 2. The molecule has 1 aliphatic carbocycles. The van der Waals surface area contributed by atoms with E-state index in [0.717, 1.165) is 44.6 Å². The average Bonchev–Trinajstić information content (AvgIpc) is 3.29. The summed E-state index contributed by atoms with van der Waals surface area (Å²) >= 11 is 0. The lowest BCUT2D eigenvalue weighted by Crippen LogP contribution is -2.36. The van der Waals surface area contributed by atoms with Crippen LogP contribution in [0.2, 0.25) is 0 Å². The number of benzene rings is 1. The van der Waals surface area contributed by atoms with E-state index in [4.69, 9.17) is 0 Å². The summed E-state index contributed by atoms with van der Waals surface area (Å²) in [7, 11) is 0. The Balaban J connectivity index is 1.46. The van der Waals surface area contributed by atoms with E-state index in [1.165, 1.54) is 12.8 Å². The van der Waals surface area contributed by atoms with Crippen molar-refractivity contribution in [2.45, 2.75) is 38.5 Å². The number of hydrogen-bond donors (Lipinski definition) is 0. The van der Waals surface area contributed by atoms with Crippen molar-refractivity contribution in [3.8, 4) is 0 Å². The monoisotopic (exact) mass is 312 g/mol. The van der Waals surface area contributed by atoms with Gasteiger partial charge in [-0.1, -0.05) is 31.0 Å². The number of carbonyl (C=O) groups excluding carboxylic acids is 2. The molecule has 2 amide bonds. The minimum atomic E-state index is -0.0266. The molecule has 122 valence electrons. The minimum Gasteiger partial charge on any atom is -0.342 e. The quantitative estimate of drug-likeness (QED) is 0.842. The molecular formula is C19H24N2O2. The summed E-state index contributed by atoms with van der Waals surface area (Å²) in [6, 6.07) is 9.90. The van der Waals surface area contributed by atoms with E-state index >= 15 is 0 Å². The van der Waals surface area contributed by atoms with Crippen molar-refractivity contribution in [3.05, 3.63) is 30.3 Å². The highest BCUT2D eigenvalue weighted by molar-refractivity contribution is 5.96. The van der Waals surface area contributed by atoms with Crippen molar-refractivity contribution < 1.29 is 9.59 Å². The Morgan fingerprint density at radius 2 is 1.83 bits per heavy atom. The van der Waals surface area contributed by atoms with Crippen LogP contribution in [0.5, 0.6) is 0 Å². The molecule has 0 radical (unpaired) electrons. The topological polar surface area (TPSA) is 40.6 Å². The van der Waals surface area contributed by atoms with Gasteiger partial charge in [0.1, 0.15) is 0 Å². The number of hydrogen-bond acceptors (Lipinski definition) is 2. The fourth-order valence-corrected chi connectivity index (χ4v) is 4.57. The van der Waals surface area contributed by atoms with Gasteiger partial charge >= 0.3 is 0 Å². The number of anilines is 1. The van der Waals surface area contributed by atoms with Crippen LogP contribution in [-0.4, -0.2) is 36.3 Å². The molecule has 1 saturated carbocycles. The molecule has 1 atom stereocenters. The molecule has 4 rings (SSSR count). The molecule has 2 heterocycles. The molecule has 1 unspecified atom stereocenters. The lowest BCUT2D eigenvalue weighted by atomic mass is 9.86. The number of rotatable bonds is 2. The second-order valence-corrected chi connectivity index (χ2v) is 7.48. The Hall–Kier alpha value is -1.84. The van der Waals surface area contributed by atoms with Crippen molar-refractivity contribution in [1.82, 2.24) is 4.90 Å². The van der Waals surface area contributed by atoms with E-state index in [-0.39, 0.29) is 17.2 Å². The molecule has 0 N–H and O–H groups in total. The third-order valence-electron chi connectivity index (χ3n) is 5.84. The highest BCUT2D eigenvalue weighted by atomic mass is 16.2. The van der Waals surface area contributed by atoms with Gasteiger partial charge in [-0.3, -0.25) is 9.59 Å². The third kappa shape index (κ3) is 2.64. The molecule has 1 aromatic carbocycles. The normalized spacial score (nSPS) is 28.3. The lowest BCUT2D eigenvalue weighted by molar-refractivity contribution is -0.134. The van der Waals surface area contributed by atoms with Crippen molar-refractivity contribution in [1.29, 1.82) is 0 Å². The van der Waals surface area contributed by atoms with Crippen LogP contribution in [-0.2, 0) is 9.59 Å². The van der Waals surface area contributed by atoms with Gasteiger partial charge in [0, 0.05) is 43.1 Å². The molecule has 4 heteroatoms. The van der Waals surface area contributed by atoms with Crippen molar-refractivity contribution in [3.63, 3.8) is 0 Å². The first kappa shape index (κ1) is 14.7. The first-order chi connectivity index (χ1) is 11.2. The highest BCUT2D eigenvalue weighted by Gasteiger charge is 2.49. The summed E-state index contributed by atoms with van der Waals surface area (Å²) in [6.45, 7) is 2.34. The molecular weight excluding hydrogens is 288 g/mol. The highest BCUT2D eigenvalue weighted by Crippen LogP contribution is 2.42. The average molecular weight is 312 g/mol. The predicted molar refractivity (Wildman–Crippen MR) is 89.0 cm³/mol. The maximum absolute atomic E-state index is 12.6. The van der Waals surface area contributed by atoms with Gasteiger partial charge in [0.15, 0.2) is 0 Å². The summed E-state index contributed by atoms with van der Waals surface area (Å²) in [5, 5.41) is 0. The third-order valence-corrected chi connectivity index (χ3v) is 5.84. The van der Waals surface area contributed by atoms with Crippen LogP contribution in [0.1, 0.15) is 38.5 Å².